The number of fused-ring (bicyclic) bond motifs is 2. The molecule has 7 rings (SSSR count). The summed E-state index contributed by atoms with van der Waals surface area (Å²) in [5.41, 5.74) is 4.56. The number of nitrogens with zero attached hydrogens (tertiary/aromatic N) is 4. The predicted octanol–water partition coefficient (Wildman–Crippen LogP) is 6.09. The molecule has 0 unspecified atom stereocenters. The van der Waals surface area contributed by atoms with Crippen LogP contribution in [-0.2, 0) is 32.5 Å². The summed E-state index contributed by atoms with van der Waals surface area (Å²) in [7, 11) is 2.24. The highest BCUT2D eigenvalue weighted by atomic mass is 35.5. The first-order chi connectivity index (χ1) is 24.8. The molecule has 1 saturated carbocycles. The van der Waals surface area contributed by atoms with Crippen molar-refractivity contribution in [3.8, 4) is 0 Å². The lowest BCUT2D eigenvalue weighted by Crippen LogP contribution is -2.54. The van der Waals surface area contributed by atoms with E-state index in [1.54, 1.807) is 11.0 Å². The van der Waals surface area contributed by atoms with Gasteiger partial charge < -0.3 is 34.8 Å². The van der Waals surface area contributed by atoms with Crippen LogP contribution in [0.4, 0.5) is 34.1 Å². The number of halogens is 4. The SMILES string of the molecule is CN(C1CC1)C1CCN(C2CCN(C(=O)[C@@H](Cc3cc(Cl)c(N)c(C(F)(F)F)c3)OC(=O)N3CCC4(CC3)OC(=O)Nc3ccccc34)CC2)CC1. The third-order valence-corrected chi connectivity index (χ3v) is 12.0. The minimum Gasteiger partial charge on any atom is -0.438 e. The van der Waals surface area contributed by atoms with Gasteiger partial charge >= 0.3 is 18.4 Å². The van der Waals surface area contributed by atoms with E-state index in [1.165, 1.54) is 23.8 Å². The molecular weight excluding hydrogens is 701 g/mol. The monoisotopic (exact) mass is 746 g/mol. The number of nitrogens with two attached hydrogens (primary N) is 1. The van der Waals surface area contributed by atoms with E-state index in [9.17, 15) is 27.6 Å². The molecule has 1 atom stereocenters. The first-order valence-corrected chi connectivity index (χ1v) is 18.6. The van der Waals surface area contributed by atoms with Crippen LogP contribution in [0.25, 0.3) is 0 Å². The lowest BCUT2D eigenvalue weighted by atomic mass is 9.82. The van der Waals surface area contributed by atoms with Crippen LogP contribution in [0, 0.1) is 0 Å². The lowest BCUT2D eigenvalue weighted by molar-refractivity contribution is -0.143. The molecule has 3 saturated heterocycles. The molecule has 4 heterocycles. The largest absolute Gasteiger partial charge is 0.438 e. The molecule has 2 aromatic rings. The van der Waals surface area contributed by atoms with Crippen molar-refractivity contribution in [3.63, 3.8) is 0 Å². The van der Waals surface area contributed by atoms with Crippen LogP contribution in [0.3, 0.4) is 0 Å². The average molecular weight is 747 g/mol. The van der Waals surface area contributed by atoms with Crippen LogP contribution in [0.15, 0.2) is 36.4 Å². The predicted molar refractivity (Wildman–Crippen MR) is 189 cm³/mol. The van der Waals surface area contributed by atoms with Crippen molar-refractivity contribution in [3.05, 3.63) is 58.1 Å². The van der Waals surface area contributed by atoms with E-state index in [0.717, 1.165) is 56.4 Å². The molecule has 1 spiro atoms. The number of carbonyl (C=O) groups excluding carboxylic acids is 3. The third-order valence-electron chi connectivity index (χ3n) is 11.7. The Balaban J connectivity index is 1.03. The molecule has 4 fully saturated rings. The molecule has 1 aliphatic carbocycles. The molecule has 5 aliphatic rings. The summed E-state index contributed by atoms with van der Waals surface area (Å²) in [5.74, 6) is -0.465. The first kappa shape index (κ1) is 36.6. The Morgan fingerprint density at radius 3 is 2.31 bits per heavy atom. The Labute approximate surface area is 306 Å². The normalized spacial score (nSPS) is 22.2. The van der Waals surface area contributed by atoms with E-state index in [2.05, 4.69) is 22.2 Å². The summed E-state index contributed by atoms with van der Waals surface area (Å²) < 4.78 is 53.2. The maximum absolute atomic E-state index is 14.1. The summed E-state index contributed by atoms with van der Waals surface area (Å²) in [4.78, 5) is 48.3. The Bertz CT molecular complexity index is 1670. The topological polar surface area (TPSA) is 121 Å². The molecule has 0 bridgehead atoms. The van der Waals surface area contributed by atoms with E-state index in [-0.39, 0.29) is 30.1 Å². The van der Waals surface area contributed by atoms with Crippen molar-refractivity contribution in [1.29, 1.82) is 0 Å². The number of carbonyl (C=O) groups is 3. The highest BCUT2D eigenvalue weighted by Crippen LogP contribution is 2.44. The highest BCUT2D eigenvalue weighted by Gasteiger charge is 2.46. The third kappa shape index (κ3) is 7.65. The zero-order valence-corrected chi connectivity index (χ0v) is 30.1. The number of anilines is 2. The number of likely N-dealkylation sites (tertiary alicyclic amines) is 3. The van der Waals surface area contributed by atoms with Gasteiger partial charge in [-0.2, -0.15) is 13.2 Å². The number of alkyl halides is 3. The van der Waals surface area contributed by atoms with Gasteiger partial charge in [0.05, 0.1) is 22.0 Å². The van der Waals surface area contributed by atoms with Crippen LogP contribution in [0.1, 0.15) is 68.1 Å². The Kier molecular flexibility index (Phi) is 10.3. The Hall–Kier alpha value is -3.75. The number of nitrogens with one attached hydrogen (secondary N) is 1. The molecule has 0 radical (unpaired) electrons. The number of rotatable bonds is 7. The van der Waals surface area contributed by atoms with Crippen LogP contribution in [-0.4, -0.2) is 108 Å². The molecule has 52 heavy (non-hydrogen) atoms. The van der Waals surface area contributed by atoms with Gasteiger partial charge in [-0.3, -0.25) is 10.1 Å². The maximum atomic E-state index is 14.1. The number of para-hydroxylation sites is 1. The number of nitrogen functional groups attached to an aromatic ring is 1. The summed E-state index contributed by atoms with van der Waals surface area (Å²) in [6.07, 6.45) is -0.895. The number of ether oxygens (including phenoxy) is 2. The molecule has 0 aromatic heterocycles. The van der Waals surface area contributed by atoms with Gasteiger partial charge in [-0.05, 0) is 82.4 Å². The fraction of sp³-hybridized carbons (Fsp3) is 0.595. The van der Waals surface area contributed by atoms with E-state index in [1.807, 2.05) is 18.2 Å². The van der Waals surface area contributed by atoms with Crippen LogP contribution in [0.2, 0.25) is 5.02 Å². The van der Waals surface area contributed by atoms with Crippen molar-refractivity contribution < 1.29 is 37.0 Å². The van der Waals surface area contributed by atoms with E-state index in [4.69, 9.17) is 26.8 Å². The van der Waals surface area contributed by atoms with Gasteiger partial charge in [-0.25, -0.2) is 9.59 Å². The number of piperidine rings is 3. The van der Waals surface area contributed by atoms with Crippen molar-refractivity contribution in [2.75, 3.05) is 57.4 Å². The minimum atomic E-state index is -4.77. The number of benzene rings is 2. The first-order valence-electron chi connectivity index (χ1n) is 18.3. The molecule has 11 nitrogen and oxygen atoms in total. The highest BCUT2D eigenvalue weighted by molar-refractivity contribution is 6.33. The van der Waals surface area contributed by atoms with Crippen molar-refractivity contribution in [2.45, 2.75) is 93.8 Å². The second-order valence-electron chi connectivity index (χ2n) is 14.9. The second kappa shape index (κ2) is 14.6. The zero-order chi connectivity index (χ0) is 36.8. The van der Waals surface area contributed by atoms with Gasteiger partial charge in [-0.1, -0.05) is 29.8 Å². The van der Waals surface area contributed by atoms with Gasteiger partial charge in [0.25, 0.3) is 5.91 Å². The zero-order valence-electron chi connectivity index (χ0n) is 29.3. The maximum Gasteiger partial charge on any atom is 0.418 e. The van der Waals surface area contributed by atoms with E-state index < -0.39 is 47.2 Å². The van der Waals surface area contributed by atoms with Crippen molar-refractivity contribution >= 4 is 41.1 Å². The van der Waals surface area contributed by atoms with Crippen molar-refractivity contribution in [1.82, 2.24) is 19.6 Å². The molecule has 282 valence electrons. The van der Waals surface area contributed by atoms with Crippen molar-refractivity contribution in [2.24, 2.45) is 0 Å². The van der Waals surface area contributed by atoms with Gasteiger partial charge in [0, 0.05) is 69.1 Å². The fourth-order valence-electron chi connectivity index (χ4n) is 8.49. The average Bonchev–Trinajstić information content (AvgIpc) is 3.98. The minimum absolute atomic E-state index is 0.0717. The van der Waals surface area contributed by atoms with Crippen LogP contribution < -0.4 is 11.1 Å². The standard InChI is InChI=1S/C37H46ClF3N6O5/c1-44(24-6-7-24)25-8-14-45(15-9-25)26-10-16-46(17-11-26)33(48)31(22-23-20-28(37(39,40)41)32(42)29(38)21-23)51-35(50)47-18-12-36(13-19-47)27-4-2-3-5-30(27)43-34(49)52-36/h2-5,20-21,24-26,31H,6-19,22,42H2,1H3,(H,43,49)/t31-/m1/s1. The molecule has 3 amide bonds. The molecule has 15 heteroatoms. The number of amides is 3. The van der Waals surface area contributed by atoms with E-state index >= 15 is 0 Å². The van der Waals surface area contributed by atoms with E-state index in [0.29, 0.717) is 43.7 Å². The van der Waals surface area contributed by atoms with Gasteiger partial charge in [0.2, 0.25) is 0 Å². The lowest BCUT2D eigenvalue weighted by Gasteiger charge is -2.44. The molecular formula is C37H46ClF3N6O5. The van der Waals surface area contributed by atoms with Gasteiger partial charge in [-0.15, -0.1) is 0 Å². The molecule has 2 aromatic carbocycles. The molecule has 4 aliphatic heterocycles. The fourth-order valence-corrected chi connectivity index (χ4v) is 8.73. The summed E-state index contributed by atoms with van der Waals surface area (Å²) in [6, 6.07) is 11.2. The summed E-state index contributed by atoms with van der Waals surface area (Å²) in [6.45, 7) is 3.26. The summed E-state index contributed by atoms with van der Waals surface area (Å²) >= 11 is 6.13. The summed E-state index contributed by atoms with van der Waals surface area (Å²) in [5, 5.41) is 2.41. The second-order valence-corrected chi connectivity index (χ2v) is 15.3. The van der Waals surface area contributed by atoms with Crippen LogP contribution in [0.5, 0.6) is 0 Å². The Morgan fingerprint density at radius 1 is 1.00 bits per heavy atom. The quantitative estimate of drug-likeness (QED) is 0.327. The molecule has 3 N–H and O–H groups in total. The number of hydrogen-bond acceptors (Lipinski definition) is 8. The van der Waals surface area contributed by atoms with Crippen LogP contribution >= 0.6 is 11.6 Å². The van der Waals surface area contributed by atoms with Gasteiger partial charge in [0.1, 0.15) is 5.60 Å². The van der Waals surface area contributed by atoms with Gasteiger partial charge in [0.15, 0.2) is 6.10 Å². The Morgan fingerprint density at radius 2 is 1.65 bits per heavy atom. The smallest absolute Gasteiger partial charge is 0.418 e. The number of hydrogen-bond donors (Lipinski definition) is 2.